The molecular formula is C20H18N4O5S. The van der Waals surface area contributed by atoms with Gasteiger partial charge in [0.1, 0.15) is 0 Å². The molecule has 9 nitrogen and oxygen atoms in total. The number of benzene rings is 3. The molecule has 0 radical (unpaired) electrons. The molecule has 3 rings (SSSR count). The van der Waals surface area contributed by atoms with Crippen molar-refractivity contribution in [3.63, 3.8) is 0 Å². The molecule has 30 heavy (non-hydrogen) atoms. The zero-order valence-electron chi connectivity index (χ0n) is 15.8. The van der Waals surface area contributed by atoms with E-state index < -0.39 is 21.0 Å². The summed E-state index contributed by atoms with van der Waals surface area (Å²) in [5, 5.41) is 16.3. The van der Waals surface area contributed by atoms with Gasteiger partial charge in [0, 0.05) is 23.0 Å². The maximum absolute atomic E-state index is 12.6. The minimum Gasteiger partial charge on any atom is -0.308 e. The van der Waals surface area contributed by atoms with E-state index in [0.717, 1.165) is 6.07 Å². The number of carbonyl (C=O) groups excluding carboxylic acids is 1. The second-order valence-electron chi connectivity index (χ2n) is 6.34. The number of para-hydroxylation sites is 1. The summed E-state index contributed by atoms with van der Waals surface area (Å²) >= 11 is 0. The number of carbonyl (C=O) groups is 1. The van der Waals surface area contributed by atoms with E-state index in [0.29, 0.717) is 16.9 Å². The number of nitro groups is 1. The van der Waals surface area contributed by atoms with E-state index in [4.69, 9.17) is 0 Å². The highest BCUT2D eigenvalue weighted by atomic mass is 32.2. The fourth-order valence-electron chi connectivity index (χ4n) is 2.64. The highest BCUT2D eigenvalue weighted by Crippen LogP contribution is 2.25. The number of aryl methyl sites for hydroxylation is 1. The molecule has 0 saturated heterocycles. The van der Waals surface area contributed by atoms with Gasteiger partial charge in [-0.25, -0.2) is 13.2 Å². The fourth-order valence-corrected chi connectivity index (χ4v) is 3.71. The number of rotatable bonds is 6. The zero-order chi connectivity index (χ0) is 21.7. The molecule has 0 unspecified atom stereocenters. The summed E-state index contributed by atoms with van der Waals surface area (Å²) in [6, 6.07) is 18.1. The molecule has 154 valence electrons. The van der Waals surface area contributed by atoms with Gasteiger partial charge in [-0.05, 0) is 43.3 Å². The third-order valence-corrected chi connectivity index (χ3v) is 5.47. The quantitative estimate of drug-likeness (QED) is 0.398. The molecule has 10 heteroatoms. The number of anilines is 3. The summed E-state index contributed by atoms with van der Waals surface area (Å²) < 4.78 is 27.6. The number of hydrogen-bond donors (Lipinski definition) is 3. The Bertz CT molecular complexity index is 1200. The number of hydrogen-bond acceptors (Lipinski definition) is 5. The van der Waals surface area contributed by atoms with Crippen LogP contribution in [-0.4, -0.2) is 19.4 Å². The van der Waals surface area contributed by atoms with Crippen molar-refractivity contribution >= 4 is 38.8 Å². The number of nitrogens with zero attached hydrogens (tertiary/aromatic N) is 1. The van der Waals surface area contributed by atoms with Gasteiger partial charge in [0.05, 0.1) is 15.5 Å². The van der Waals surface area contributed by atoms with Crippen LogP contribution >= 0.6 is 0 Å². The van der Waals surface area contributed by atoms with Crippen LogP contribution in [0.5, 0.6) is 0 Å². The Labute approximate surface area is 173 Å². The van der Waals surface area contributed by atoms with Crippen molar-refractivity contribution in [3.05, 3.63) is 88.5 Å². The van der Waals surface area contributed by atoms with Gasteiger partial charge in [0.15, 0.2) is 0 Å². The Morgan fingerprint density at radius 2 is 1.50 bits per heavy atom. The average Bonchev–Trinajstić information content (AvgIpc) is 2.68. The molecular weight excluding hydrogens is 408 g/mol. The van der Waals surface area contributed by atoms with Crippen molar-refractivity contribution in [2.45, 2.75) is 11.8 Å². The maximum atomic E-state index is 12.6. The van der Waals surface area contributed by atoms with Crippen molar-refractivity contribution in [3.8, 4) is 0 Å². The zero-order valence-corrected chi connectivity index (χ0v) is 16.6. The highest BCUT2D eigenvalue weighted by molar-refractivity contribution is 7.92. The molecule has 0 aliphatic rings. The Balaban J connectivity index is 1.75. The number of nitro benzene ring substituents is 1. The standard InChI is InChI=1S/C20H18N4O5S/c1-14-10-11-18(13-19(14)24(26)27)30(28,29)23-17-9-5-8-16(12-17)22-20(25)21-15-6-3-2-4-7-15/h2-13,23H,1H3,(H2,21,22,25). The van der Waals surface area contributed by atoms with Crippen molar-refractivity contribution in [2.75, 3.05) is 15.4 Å². The molecule has 0 saturated carbocycles. The summed E-state index contributed by atoms with van der Waals surface area (Å²) in [6.45, 7) is 1.53. The predicted molar refractivity (Wildman–Crippen MR) is 114 cm³/mol. The summed E-state index contributed by atoms with van der Waals surface area (Å²) in [6.07, 6.45) is 0. The molecule has 3 aromatic carbocycles. The van der Waals surface area contributed by atoms with Crippen LogP contribution in [0.1, 0.15) is 5.56 Å². The molecule has 3 aromatic rings. The summed E-state index contributed by atoms with van der Waals surface area (Å²) in [5.41, 5.74) is 1.22. The number of amides is 2. The monoisotopic (exact) mass is 426 g/mol. The van der Waals surface area contributed by atoms with Crippen LogP contribution in [0.15, 0.2) is 77.7 Å². The SMILES string of the molecule is Cc1ccc(S(=O)(=O)Nc2cccc(NC(=O)Nc3ccccc3)c2)cc1[N+](=O)[O-]. The normalized spacial score (nSPS) is 10.8. The van der Waals surface area contributed by atoms with E-state index in [-0.39, 0.29) is 16.3 Å². The van der Waals surface area contributed by atoms with E-state index in [1.54, 1.807) is 36.4 Å². The maximum Gasteiger partial charge on any atom is 0.323 e. The van der Waals surface area contributed by atoms with Crippen LogP contribution in [0.2, 0.25) is 0 Å². The smallest absolute Gasteiger partial charge is 0.308 e. The summed E-state index contributed by atoms with van der Waals surface area (Å²) in [5.74, 6) is 0. The van der Waals surface area contributed by atoms with Gasteiger partial charge < -0.3 is 10.6 Å². The van der Waals surface area contributed by atoms with E-state index in [1.807, 2.05) is 6.07 Å². The first kappa shape index (κ1) is 20.8. The van der Waals surface area contributed by atoms with Crippen molar-refractivity contribution in [1.82, 2.24) is 0 Å². The lowest BCUT2D eigenvalue weighted by Gasteiger charge is -2.11. The van der Waals surface area contributed by atoms with Crippen molar-refractivity contribution < 1.29 is 18.1 Å². The first-order valence-corrected chi connectivity index (χ1v) is 10.2. The lowest BCUT2D eigenvalue weighted by atomic mass is 10.2. The lowest BCUT2D eigenvalue weighted by Crippen LogP contribution is -2.19. The van der Waals surface area contributed by atoms with Gasteiger partial charge >= 0.3 is 6.03 Å². The third kappa shape index (κ3) is 5.11. The molecule has 3 N–H and O–H groups in total. The average molecular weight is 426 g/mol. The number of urea groups is 1. The molecule has 0 aliphatic heterocycles. The Hall–Kier alpha value is -3.92. The number of sulfonamides is 1. The predicted octanol–water partition coefficient (Wildman–Crippen LogP) is 4.35. The molecule has 0 spiro atoms. The Kier molecular flexibility index (Phi) is 5.98. The number of nitrogens with one attached hydrogen (secondary N) is 3. The molecule has 0 atom stereocenters. The van der Waals surface area contributed by atoms with Gasteiger partial charge in [0.25, 0.3) is 15.7 Å². The first-order valence-electron chi connectivity index (χ1n) is 8.75. The second-order valence-corrected chi connectivity index (χ2v) is 8.02. The van der Waals surface area contributed by atoms with Crippen LogP contribution in [0.25, 0.3) is 0 Å². The fraction of sp³-hybridized carbons (Fsp3) is 0.0500. The Morgan fingerprint density at radius 1 is 0.867 bits per heavy atom. The molecule has 0 bridgehead atoms. The van der Waals surface area contributed by atoms with Crippen molar-refractivity contribution in [2.24, 2.45) is 0 Å². The van der Waals surface area contributed by atoms with Crippen molar-refractivity contribution in [1.29, 1.82) is 0 Å². The second kappa shape index (κ2) is 8.62. The van der Waals surface area contributed by atoms with Crippen LogP contribution in [0, 0.1) is 17.0 Å². The molecule has 0 heterocycles. The molecule has 0 aliphatic carbocycles. The van der Waals surface area contributed by atoms with Crippen LogP contribution in [-0.2, 0) is 10.0 Å². The summed E-state index contributed by atoms with van der Waals surface area (Å²) in [4.78, 5) is 22.3. The highest BCUT2D eigenvalue weighted by Gasteiger charge is 2.20. The first-order chi connectivity index (χ1) is 14.2. The summed E-state index contributed by atoms with van der Waals surface area (Å²) in [7, 11) is -4.06. The molecule has 0 fully saturated rings. The van der Waals surface area contributed by atoms with Crippen LogP contribution < -0.4 is 15.4 Å². The van der Waals surface area contributed by atoms with Gasteiger partial charge in [-0.1, -0.05) is 30.3 Å². The third-order valence-electron chi connectivity index (χ3n) is 4.09. The largest absolute Gasteiger partial charge is 0.323 e. The van der Waals surface area contributed by atoms with E-state index >= 15 is 0 Å². The van der Waals surface area contributed by atoms with Gasteiger partial charge in [-0.2, -0.15) is 0 Å². The van der Waals surface area contributed by atoms with E-state index in [1.165, 1.54) is 31.2 Å². The van der Waals surface area contributed by atoms with Gasteiger partial charge in [-0.15, -0.1) is 0 Å². The van der Waals surface area contributed by atoms with E-state index in [2.05, 4.69) is 15.4 Å². The Morgan fingerprint density at radius 3 is 2.20 bits per heavy atom. The van der Waals surface area contributed by atoms with Gasteiger partial charge in [-0.3, -0.25) is 14.8 Å². The minimum absolute atomic E-state index is 0.190. The van der Waals surface area contributed by atoms with Crippen LogP contribution in [0.4, 0.5) is 27.5 Å². The molecule has 2 amide bonds. The topological polar surface area (TPSA) is 130 Å². The van der Waals surface area contributed by atoms with E-state index in [9.17, 15) is 23.3 Å². The minimum atomic E-state index is -4.06. The molecule has 0 aromatic heterocycles. The van der Waals surface area contributed by atoms with Gasteiger partial charge in [0.2, 0.25) is 0 Å². The lowest BCUT2D eigenvalue weighted by molar-refractivity contribution is -0.385. The van der Waals surface area contributed by atoms with Crippen LogP contribution in [0.3, 0.4) is 0 Å².